The van der Waals surface area contributed by atoms with Gasteiger partial charge in [-0.2, -0.15) is 0 Å². The molecule has 7 heteroatoms. The van der Waals surface area contributed by atoms with Crippen LogP contribution in [0, 0.1) is 0 Å². The van der Waals surface area contributed by atoms with E-state index in [0.29, 0.717) is 31.3 Å². The molecule has 0 saturated heterocycles. The van der Waals surface area contributed by atoms with Crippen molar-refractivity contribution in [2.24, 2.45) is 0 Å². The number of pyridine rings is 1. The minimum absolute atomic E-state index is 0.0362. The lowest BCUT2D eigenvalue weighted by atomic mass is 10.1. The summed E-state index contributed by atoms with van der Waals surface area (Å²) in [6.07, 6.45) is 4.56. The van der Waals surface area contributed by atoms with Crippen LogP contribution in [-0.4, -0.2) is 48.1 Å². The van der Waals surface area contributed by atoms with Crippen molar-refractivity contribution in [1.29, 1.82) is 0 Å². The summed E-state index contributed by atoms with van der Waals surface area (Å²) in [7, 11) is 1.75. The number of carbonyl (C=O) groups excluding carboxylic acids is 2. The Balaban J connectivity index is 1.34. The Kier molecular flexibility index (Phi) is 6.84. The zero-order chi connectivity index (χ0) is 19.8. The third-order valence-corrected chi connectivity index (χ3v) is 4.40. The lowest BCUT2D eigenvalue weighted by molar-refractivity contribution is -0.123. The average Bonchev–Trinajstić information content (AvgIpc) is 3.52. The molecule has 0 bridgehead atoms. The van der Waals surface area contributed by atoms with E-state index < -0.39 is 0 Å². The second-order valence-electron chi connectivity index (χ2n) is 6.93. The summed E-state index contributed by atoms with van der Waals surface area (Å²) in [6.45, 7) is 1.04. The number of hydrogen-bond donors (Lipinski definition) is 2. The van der Waals surface area contributed by atoms with Gasteiger partial charge in [-0.05, 0) is 49.1 Å². The fourth-order valence-electron chi connectivity index (χ4n) is 2.65. The molecular formula is C21H26N4O3. The fourth-order valence-corrected chi connectivity index (χ4v) is 2.65. The molecule has 7 nitrogen and oxygen atoms in total. The van der Waals surface area contributed by atoms with Crippen LogP contribution in [0.2, 0.25) is 0 Å². The average molecular weight is 382 g/mol. The molecule has 0 aliphatic heterocycles. The van der Waals surface area contributed by atoms with Gasteiger partial charge < -0.3 is 20.3 Å². The van der Waals surface area contributed by atoms with Crippen LogP contribution >= 0.6 is 0 Å². The SMILES string of the molecule is CN(Cc1ccccn1)C(=O)NCCc1ccc(OCC(=O)NC2CC2)cc1. The second kappa shape index (κ2) is 9.73. The lowest BCUT2D eigenvalue weighted by Gasteiger charge is -2.17. The summed E-state index contributed by atoms with van der Waals surface area (Å²) in [4.78, 5) is 29.6. The van der Waals surface area contributed by atoms with Crippen molar-refractivity contribution in [3.8, 4) is 5.75 Å². The van der Waals surface area contributed by atoms with Crippen molar-refractivity contribution >= 4 is 11.9 Å². The molecule has 1 aliphatic rings. The molecule has 1 aromatic heterocycles. The standard InChI is InChI=1S/C21H26N4O3/c1-25(14-18-4-2-3-12-22-18)21(27)23-13-11-16-5-9-19(10-6-16)28-15-20(26)24-17-7-8-17/h2-6,9-10,12,17H,7-8,11,13-15H2,1H3,(H,23,27)(H,24,26). The number of benzene rings is 1. The first-order chi connectivity index (χ1) is 13.6. The molecule has 1 fully saturated rings. The van der Waals surface area contributed by atoms with E-state index in [1.807, 2.05) is 42.5 Å². The predicted molar refractivity (Wildman–Crippen MR) is 106 cm³/mol. The first-order valence-electron chi connectivity index (χ1n) is 9.50. The van der Waals surface area contributed by atoms with Gasteiger partial charge in [0.25, 0.3) is 5.91 Å². The zero-order valence-corrected chi connectivity index (χ0v) is 16.1. The lowest BCUT2D eigenvalue weighted by Crippen LogP contribution is -2.37. The minimum atomic E-state index is -0.132. The molecule has 0 spiro atoms. The van der Waals surface area contributed by atoms with Gasteiger partial charge in [0, 0.05) is 25.8 Å². The Labute approximate surface area is 165 Å². The predicted octanol–water partition coefficient (Wildman–Crippen LogP) is 2.12. The Morgan fingerprint density at radius 1 is 1.18 bits per heavy atom. The van der Waals surface area contributed by atoms with Crippen molar-refractivity contribution in [3.05, 3.63) is 59.9 Å². The topological polar surface area (TPSA) is 83.6 Å². The van der Waals surface area contributed by atoms with Gasteiger partial charge >= 0.3 is 6.03 Å². The van der Waals surface area contributed by atoms with Crippen LogP contribution in [0.25, 0.3) is 0 Å². The molecule has 148 valence electrons. The highest BCUT2D eigenvalue weighted by Gasteiger charge is 2.23. The normalized spacial score (nSPS) is 12.9. The van der Waals surface area contributed by atoms with E-state index >= 15 is 0 Å². The van der Waals surface area contributed by atoms with Gasteiger partial charge in [0.2, 0.25) is 0 Å². The largest absolute Gasteiger partial charge is 0.484 e. The molecule has 0 atom stereocenters. The molecule has 2 aromatic rings. The van der Waals surface area contributed by atoms with Crippen molar-refractivity contribution < 1.29 is 14.3 Å². The number of hydrogen-bond acceptors (Lipinski definition) is 4. The van der Waals surface area contributed by atoms with E-state index in [1.54, 1.807) is 18.1 Å². The number of urea groups is 1. The number of rotatable bonds is 9. The van der Waals surface area contributed by atoms with Gasteiger partial charge in [-0.15, -0.1) is 0 Å². The van der Waals surface area contributed by atoms with Crippen LogP contribution in [0.5, 0.6) is 5.75 Å². The summed E-state index contributed by atoms with van der Waals surface area (Å²) in [5.41, 5.74) is 1.93. The zero-order valence-electron chi connectivity index (χ0n) is 16.1. The second-order valence-corrected chi connectivity index (χ2v) is 6.93. The Morgan fingerprint density at radius 3 is 2.64 bits per heavy atom. The third kappa shape index (κ3) is 6.57. The number of aromatic nitrogens is 1. The summed E-state index contributed by atoms with van der Waals surface area (Å²) in [6, 6.07) is 13.4. The van der Waals surface area contributed by atoms with Crippen LogP contribution in [0.15, 0.2) is 48.7 Å². The summed E-state index contributed by atoms with van der Waals surface area (Å²) in [5.74, 6) is 0.581. The van der Waals surface area contributed by atoms with Gasteiger partial charge in [-0.1, -0.05) is 18.2 Å². The van der Waals surface area contributed by atoms with E-state index in [0.717, 1.165) is 24.1 Å². The smallest absolute Gasteiger partial charge is 0.317 e. The summed E-state index contributed by atoms with van der Waals surface area (Å²) >= 11 is 0. The van der Waals surface area contributed by atoms with Crippen LogP contribution in [0.1, 0.15) is 24.1 Å². The molecule has 0 unspecified atom stereocenters. The van der Waals surface area contributed by atoms with Crippen molar-refractivity contribution in [2.75, 3.05) is 20.2 Å². The number of nitrogens with zero attached hydrogens (tertiary/aromatic N) is 2. The Morgan fingerprint density at radius 2 is 1.96 bits per heavy atom. The number of ether oxygens (including phenoxy) is 1. The monoisotopic (exact) mass is 382 g/mol. The maximum Gasteiger partial charge on any atom is 0.317 e. The highest BCUT2D eigenvalue weighted by molar-refractivity contribution is 5.78. The van der Waals surface area contributed by atoms with Crippen molar-refractivity contribution in [1.82, 2.24) is 20.5 Å². The van der Waals surface area contributed by atoms with Crippen LogP contribution in [-0.2, 0) is 17.8 Å². The Bertz CT molecular complexity index is 776. The van der Waals surface area contributed by atoms with Crippen LogP contribution < -0.4 is 15.4 Å². The first-order valence-corrected chi connectivity index (χ1v) is 9.50. The number of nitrogens with one attached hydrogen (secondary N) is 2. The maximum atomic E-state index is 12.2. The van der Waals surface area contributed by atoms with Crippen LogP contribution in [0.3, 0.4) is 0 Å². The summed E-state index contributed by atoms with van der Waals surface area (Å²) in [5, 5.41) is 5.79. The van der Waals surface area contributed by atoms with Gasteiger partial charge in [-0.3, -0.25) is 9.78 Å². The molecule has 1 saturated carbocycles. The molecular weight excluding hydrogens is 356 g/mol. The number of carbonyl (C=O) groups is 2. The molecule has 2 N–H and O–H groups in total. The van der Waals surface area contributed by atoms with Gasteiger partial charge in [0.05, 0.1) is 12.2 Å². The van der Waals surface area contributed by atoms with E-state index in [2.05, 4.69) is 15.6 Å². The third-order valence-electron chi connectivity index (χ3n) is 4.40. The van der Waals surface area contributed by atoms with Gasteiger partial charge in [-0.25, -0.2) is 4.79 Å². The molecule has 1 heterocycles. The van der Waals surface area contributed by atoms with Gasteiger partial charge in [0.1, 0.15) is 5.75 Å². The van der Waals surface area contributed by atoms with Gasteiger partial charge in [0.15, 0.2) is 6.61 Å². The first kappa shape index (κ1) is 19.7. The van der Waals surface area contributed by atoms with Crippen molar-refractivity contribution in [2.45, 2.75) is 31.8 Å². The highest BCUT2D eigenvalue weighted by Crippen LogP contribution is 2.18. The van der Waals surface area contributed by atoms with E-state index in [9.17, 15) is 9.59 Å². The van der Waals surface area contributed by atoms with Crippen molar-refractivity contribution in [3.63, 3.8) is 0 Å². The quantitative estimate of drug-likeness (QED) is 0.696. The summed E-state index contributed by atoms with van der Waals surface area (Å²) < 4.78 is 5.49. The molecule has 0 radical (unpaired) electrons. The molecule has 1 aliphatic carbocycles. The molecule has 3 rings (SSSR count). The molecule has 3 amide bonds. The van der Waals surface area contributed by atoms with E-state index in [4.69, 9.17) is 4.74 Å². The minimum Gasteiger partial charge on any atom is -0.484 e. The number of amides is 3. The fraction of sp³-hybridized carbons (Fsp3) is 0.381. The van der Waals surface area contributed by atoms with E-state index in [-0.39, 0.29) is 18.5 Å². The molecule has 28 heavy (non-hydrogen) atoms. The van der Waals surface area contributed by atoms with E-state index in [1.165, 1.54) is 0 Å². The highest BCUT2D eigenvalue weighted by atomic mass is 16.5. The molecule has 1 aromatic carbocycles. The Hall–Kier alpha value is -3.09. The van der Waals surface area contributed by atoms with Crippen LogP contribution in [0.4, 0.5) is 4.79 Å². The maximum absolute atomic E-state index is 12.2.